The smallest absolute Gasteiger partial charge is 0.406 e. The number of benzene rings is 1. The van der Waals surface area contributed by atoms with Crippen molar-refractivity contribution >= 4 is 35.1 Å². The highest BCUT2D eigenvalue weighted by atomic mass is 35.5. The minimum Gasteiger partial charge on any atom is -0.406 e. The fourth-order valence-electron chi connectivity index (χ4n) is 1.74. The number of anilines is 2. The second-order valence-corrected chi connectivity index (χ2v) is 5.42. The molecule has 0 radical (unpaired) electrons. The maximum absolute atomic E-state index is 13.2. The number of aromatic nitrogens is 2. The van der Waals surface area contributed by atoms with E-state index in [9.17, 15) is 22.8 Å². The van der Waals surface area contributed by atoms with Crippen LogP contribution in [0.1, 0.15) is 12.6 Å². The van der Waals surface area contributed by atoms with E-state index >= 15 is 0 Å². The zero-order chi connectivity index (χ0) is 19.3. The van der Waals surface area contributed by atoms with Crippen molar-refractivity contribution in [2.75, 3.05) is 11.9 Å². The minimum absolute atomic E-state index is 0.365. The van der Waals surface area contributed by atoms with E-state index in [0.29, 0.717) is 16.9 Å². The third kappa shape index (κ3) is 5.59. The van der Waals surface area contributed by atoms with Crippen LogP contribution >= 0.6 is 11.6 Å². The van der Waals surface area contributed by atoms with E-state index in [0.717, 1.165) is 0 Å². The van der Waals surface area contributed by atoms with Crippen molar-refractivity contribution in [2.24, 2.45) is 0 Å². The van der Waals surface area contributed by atoms with Crippen molar-refractivity contribution in [3.8, 4) is 5.75 Å². The van der Waals surface area contributed by atoms with Gasteiger partial charge in [0, 0.05) is 10.7 Å². The molecule has 0 aliphatic carbocycles. The SMILES string of the molecule is CC(=O)CNC(=O)Oc1cnc(Nc2cccc(Cl)c2)nc1C(F)(F)F. The van der Waals surface area contributed by atoms with E-state index in [1.165, 1.54) is 13.0 Å². The molecule has 0 aliphatic heterocycles. The van der Waals surface area contributed by atoms with Gasteiger partial charge in [-0.05, 0) is 25.1 Å². The van der Waals surface area contributed by atoms with E-state index in [1.807, 2.05) is 5.32 Å². The van der Waals surface area contributed by atoms with Gasteiger partial charge in [-0.25, -0.2) is 14.8 Å². The van der Waals surface area contributed by atoms with E-state index in [2.05, 4.69) is 20.0 Å². The van der Waals surface area contributed by atoms with Crippen molar-refractivity contribution in [2.45, 2.75) is 13.1 Å². The van der Waals surface area contributed by atoms with Crippen LogP contribution in [0.4, 0.5) is 29.6 Å². The number of nitrogens with one attached hydrogen (secondary N) is 2. The Morgan fingerprint density at radius 2 is 2.04 bits per heavy atom. The summed E-state index contributed by atoms with van der Waals surface area (Å²) in [5.74, 6) is -1.65. The first-order valence-electron chi connectivity index (χ1n) is 7.07. The molecule has 1 amide bonds. The van der Waals surface area contributed by atoms with Gasteiger partial charge in [0.1, 0.15) is 5.78 Å². The Labute approximate surface area is 150 Å². The van der Waals surface area contributed by atoms with E-state index in [1.54, 1.807) is 18.2 Å². The molecule has 0 aliphatic rings. The molecule has 2 rings (SSSR count). The van der Waals surface area contributed by atoms with Gasteiger partial charge in [-0.2, -0.15) is 13.2 Å². The third-order valence-corrected chi connectivity index (χ3v) is 3.02. The summed E-state index contributed by atoms with van der Waals surface area (Å²) in [7, 11) is 0. The number of Topliss-reactive ketones (excluding diaryl/α,β-unsaturated/α-hetero) is 1. The Hall–Kier alpha value is -2.88. The van der Waals surface area contributed by atoms with E-state index in [4.69, 9.17) is 11.6 Å². The van der Waals surface area contributed by atoms with Gasteiger partial charge in [0.25, 0.3) is 0 Å². The summed E-state index contributed by atoms with van der Waals surface area (Å²) in [6, 6.07) is 6.21. The zero-order valence-corrected chi connectivity index (χ0v) is 14.0. The maximum Gasteiger partial charge on any atom is 0.437 e. The second-order valence-electron chi connectivity index (χ2n) is 4.98. The van der Waals surface area contributed by atoms with Crippen molar-refractivity contribution in [3.63, 3.8) is 0 Å². The lowest BCUT2D eigenvalue weighted by Gasteiger charge is -2.13. The highest BCUT2D eigenvalue weighted by molar-refractivity contribution is 6.30. The highest BCUT2D eigenvalue weighted by Gasteiger charge is 2.38. The molecule has 2 N–H and O–H groups in total. The first-order valence-corrected chi connectivity index (χ1v) is 7.45. The molecule has 138 valence electrons. The molecule has 0 bridgehead atoms. The number of alkyl halides is 3. The van der Waals surface area contributed by atoms with E-state index < -0.39 is 29.5 Å². The van der Waals surface area contributed by atoms with Crippen LogP contribution in [0, 0.1) is 0 Å². The molecule has 0 saturated carbocycles. The Balaban J connectivity index is 2.24. The molecular formula is C15H12ClF3N4O3. The Kier molecular flexibility index (Phi) is 5.98. The van der Waals surface area contributed by atoms with Gasteiger partial charge in [-0.3, -0.25) is 4.79 Å². The van der Waals surface area contributed by atoms with Crippen molar-refractivity contribution < 1.29 is 27.5 Å². The van der Waals surface area contributed by atoms with Crippen LogP contribution in [0.15, 0.2) is 30.5 Å². The normalized spacial score (nSPS) is 11.0. The summed E-state index contributed by atoms with van der Waals surface area (Å²) in [5.41, 5.74) is -1.08. The molecule has 1 aromatic heterocycles. The predicted octanol–water partition coefficient (Wildman–Crippen LogP) is 3.57. The molecule has 0 saturated heterocycles. The molecule has 0 fully saturated rings. The summed E-state index contributed by atoms with van der Waals surface area (Å²) in [5, 5.41) is 4.95. The number of carbonyl (C=O) groups is 2. The Morgan fingerprint density at radius 1 is 1.31 bits per heavy atom. The maximum atomic E-state index is 13.2. The number of ketones is 1. The van der Waals surface area contributed by atoms with Gasteiger partial charge < -0.3 is 15.4 Å². The standard InChI is InChI=1S/C15H12ClF3N4O3/c1-8(24)6-21-14(25)26-11-7-20-13(23-12(11)15(17,18)19)22-10-4-2-3-9(16)5-10/h2-5,7H,6H2,1H3,(H,21,25)(H,20,22,23). The molecule has 0 unspecified atom stereocenters. The molecule has 1 aromatic carbocycles. The fourth-order valence-corrected chi connectivity index (χ4v) is 1.93. The molecule has 1 heterocycles. The zero-order valence-electron chi connectivity index (χ0n) is 13.2. The van der Waals surface area contributed by atoms with Crippen LogP contribution in [0.3, 0.4) is 0 Å². The van der Waals surface area contributed by atoms with Crippen LogP contribution in [0.2, 0.25) is 5.02 Å². The summed E-state index contributed by atoms with van der Waals surface area (Å²) >= 11 is 5.80. The van der Waals surface area contributed by atoms with Gasteiger partial charge in [0.15, 0.2) is 11.4 Å². The number of rotatable bonds is 5. The van der Waals surface area contributed by atoms with Gasteiger partial charge >= 0.3 is 12.3 Å². The number of hydrogen-bond donors (Lipinski definition) is 2. The lowest BCUT2D eigenvalue weighted by Crippen LogP contribution is -2.31. The summed E-state index contributed by atoms with van der Waals surface area (Å²) in [6.07, 6.45) is -5.43. The number of halogens is 4. The summed E-state index contributed by atoms with van der Waals surface area (Å²) in [6.45, 7) is 0.816. The molecule has 11 heteroatoms. The fraction of sp³-hybridized carbons (Fsp3) is 0.200. The van der Waals surface area contributed by atoms with Crippen molar-refractivity contribution in [3.05, 3.63) is 41.2 Å². The second kappa shape index (κ2) is 8.00. The van der Waals surface area contributed by atoms with Crippen LogP contribution < -0.4 is 15.4 Å². The molecule has 0 atom stereocenters. The number of ether oxygens (including phenoxy) is 1. The first kappa shape index (κ1) is 19.4. The number of amides is 1. The third-order valence-electron chi connectivity index (χ3n) is 2.79. The first-order chi connectivity index (χ1) is 12.1. The van der Waals surface area contributed by atoms with Gasteiger partial charge in [-0.15, -0.1) is 0 Å². The van der Waals surface area contributed by atoms with E-state index in [-0.39, 0.29) is 12.5 Å². The lowest BCUT2D eigenvalue weighted by atomic mass is 10.3. The molecule has 7 nitrogen and oxygen atoms in total. The largest absolute Gasteiger partial charge is 0.437 e. The highest BCUT2D eigenvalue weighted by Crippen LogP contribution is 2.35. The lowest BCUT2D eigenvalue weighted by molar-refractivity contribution is -0.142. The molecule has 0 spiro atoms. The minimum atomic E-state index is -4.90. The Morgan fingerprint density at radius 3 is 2.65 bits per heavy atom. The Bertz CT molecular complexity index is 830. The molecular weight excluding hydrogens is 377 g/mol. The van der Waals surface area contributed by atoms with Gasteiger partial charge in [0.05, 0.1) is 12.7 Å². The average Bonchev–Trinajstić information content (AvgIpc) is 2.53. The predicted molar refractivity (Wildman–Crippen MR) is 86.5 cm³/mol. The van der Waals surface area contributed by atoms with Gasteiger partial charge in [-0.1, -0.05) is 17.7 Å². The number of nitrogens with zero attached hydrogens (tertiary/aromatic N) is 2. The summed E-state index contributed by atoms with van der Waals surface area (Å²) < 4.78 is 44.1. The van der Waals surface area contributed by atoms with Crippen LogP contribution in [-0.4, -0.2) is 28.4 Å². The average molecular weight is 389 g/mol. The summed E-state index contributed by atoms with van der Waals surface area (Å²) in [4.78, 5) is 29.3. The quantitative estimate of drug-likeness (QED) is 0.813. The topological polar surface area (TPSA) is 93.2 Å². The van der Waals surface area contributed by atoms with Crippen LogP contribution in [-0.2, 0) is 11.0 Å². The molecule has 26 heavy (non-hydrogen) atoms. The number of hydrogen-bond acceptors (Lipinski definition) is 6. The number of carbonyl (C=O) groups excluding carboxylic acids is 2. The van der Waals surface area contributed by atoms with Crippen LogP contribution in [0.25, 0.3) is 0 Å². The van der Waals surface area contributed by atoms with Crippen molar-refractivity contribution in [1.29, 1.82) is 0 Å². The molecule has 2 aromatic rings. The van der Waals surface area contributed by atoms with Crippen LogP contribution in [0.5, 0.6) is 5.75 Å². The van der Waals surface area contributed by atoms with Crippen molar-refractivity contribution in [1.82, 2.24) is 15.3 Å². The monoisotopic (exact) mass is 388 g/mol. The van der Waals surface area contributed by atoms with Gasteiger partial charge in [0.2, 0.25) is 5.95 Å².